The molecule has 30 heavy (non-hydrogen) atoms. The molecule has 0 spiro atoms. The zero-order chi connectivity index (χ0) is 23.3. The van der Waals surface area contributed by atoms with Crippen molar-refractivity contribution in [3.8, 4) is 0 Å². The van der Waals surface area contributed by atoms with Crippen molar-refractivity contribution in [1.29, 1.82) is 0 Å². The average molecular weight is 435 g/mol. The normalized spacial score (nSPS) is 11.5. The summed E-state index contributed by atoms with van der Waals surface area (Å²) in [4.78, 5) is 24.8. The van der Waals surface area contributed by atoms with Crippen molar-refractivity contribution < 1.29 is 33.0 Å². The third kappa shape index (κ3) is 13.9. The van der Waals surface area contributed by atoms with E-state index in [4.69, 9.17) is 19.8 Å². The minimum Gasteiger partial charge on any atom is -0.473 e. The second-order valence-corrected chi connectivity index (χ2v) is 7.39. The Morgan fingerprint density at radius 3 is 1.50 bits per heavy atom. The maximum atomic E-state index is 12.6. The van der Waals surface area contributed by atoms with Crippen LogP contribution in [0, 0.1) is 0 Å². The van der Waals surface area contributed by atoms with Gasteiger partial charge in [0, 0.05) is 6.54 Å². The Hall–Kier alpha value is -2.17. The third-order valence-electron chi connectivity index (χ3n) is 4.03. The Labute approximate surface area is 175 Å². The summed E-state index contributed by atoms with van der Waals surface area (Å²) < 4.78 is 37.9. The van der Waals surface area contributed by atoms with E-state index in [1.54, 1.807) is 12.1 Å². The number of halogens is 3. The number of rotatable bonds is 10. The lowest BCUT2D eigenvalue weighted by molar-refractivity contribution is -0.159. The Morgan fingerprint density at radius 1 is 0.800 bits per heavy atom. The molecule has 1 aromatic rings. The summed E-state index contributed by atoms with van der Waals surface area (Å²) in [5.74, 6) is -3.65. The fourth-order valence-electron chi connectivity index (χ4n) is 2.55. The molecule has 172 valence electrons. The summed E-state index contributed by atoms with van der Waals surface area (Å²) >= 11 is 0. The highest BCUT2D eigenvalue weighted by Crippen LogP contribution is 2.29. The number of carboxylic acid groups (broad SMARTS) is 2. The van der Waals surface area contributed by atoms with Crippen molar-refractivity contribution in [2.45, 2.75) is 25.6 Å². The summed E-state index contributed by atoms with van der Waals surface area (Å²) in [6.07, 6.45) is -2.17. The molecule has 0 saturated carbocycles. The van der Waals surface area contributed by atoms with Crippen LogP contribution in [0.4, 0.5) is 13.2 Å². The van der Waals surface area contributed by atoms with E-state index in [-0.39, 0.29) is 0 Å². The van der Waals surface area contributed by atoms with Crippen molar-refractivity contribution >= 4 is 11.9 Å². The van der Waals surface area contributed by atoms with E-state index in [0.29, 0.717) is 6.54 Å². The number of carboxylic acids is 2. The SMILES string of the molecule is CN(C)CCCN(CCCN(C)C)Cc1ccc(C(F)(F)F)cc1.O=C(O)C(=O)O. The minimum absolute atomic E-state index is 0.585. The maximum absolute atomic E-state index is 12.6. The van der Waals surface area contributed by atoms with Gasteiger partial charge in [-0.25, -0.2) is 9.59 Å². The van der Waals surface area contributed by atoms with E-state index in [9.17, 15) is 13.2 Å². The number of alkyl halides is 3. The molecule has 10 heteroatoms. The van der Waals surface area contributed by atoms with Gasteiger partial charge in [0.15, 0.2) is 0 Å². The second kappa shape index (κ2) is 13.9. The molecular formula is C20H32F3N3O4. The van der Waals surface area contributed by atoms with Crippen LogP contribution in [0.5, 0.6) is 0 Å². The van der Waals surface area contributed by atoms with Crippen LogP contribution in [0.15, 0.2) is 24.3 Å². The molecule has 0 heterocycles. The topological polar surface area (TPSA) is 84.3 Å². The molecule has 0 saturated heterocycles. The van der Waals surface area contributed by atoms with E-state index in [2.05, 4.69) is 14.7 Å². The van der Waals surface area contributed by atoms with Crippen molar-refractivity contribution in [3.05, 3.63) is 35.4 Å². The van der Waals surface area contributed by atoms with Crippen molar-refractivity contribution in [2.75, 3.05) is 54.4 Å². The van der Waals surface area contributed by atoms with Crippen molar-refractivity contribution in [2.24, 2.45) is 0 Å². The van der Waals surface area contributed by atoms with Gasteiger partial charge < -0.3 is 20.0 Å². The molecule has 0 aliphatic rings. The fraction of sp³-hybridized carbons (Fsp3) is 0.600. The Morgan fingerprint density at radius 2 is 1.20 bits per heavy atom. The summed E-state index contributed by atoms with van der Waals surface area (Å²) in [6, 6.07) is 5.53. The molecule has 0 fully saturated rings. The lowest BCUT2D eigenvalue weighted by Gasteiger charge is -2.24. The van der Waals surface area contributed by atoms with Gasteiger partial charge in [0.25, 0.3) is 0 Å². The summed E-state index contributed by atoms with van der Waals surface area (Å²) in [7, 11) is 8.19. The Kier molecular flexibility index (Phi) is 12.9. The van der Waals surface area contributed by atoms with Gasteiger partial charge in [-0.1, -0.05) is 12.1 Å². The lowest BCUT2D eigenvalue weighted by Crippen LogP contribution is -2.30. The fourth-order valence-corrected chi connectivity index (χ4v) is 2.55. The number of nitrogens with zero attached hydrogens (tertiary/aromatic N) is 3. The molecular weight excluding hydrogens is 403 g/mol. The maximum Gasteiger partial charge on any atom is 0.416 e. The highest BCUT2D eigenvalue weighted by Gasteiger charge is 2.29. The highest BCUT2D eigenvalue weighted by molar-refractivity contribution is 6.27. The van der Waals surface area contributed by atoms with Gasteiger partial charge in [0.1, 0.15) is 0 Å². The minimum atomic E-state index is -4.27. The molecule has 2 N–H and O–H groups in total. The van der Waals surface area contributed by atoms with E-state index in [1.165, 1.54) is 12.1 Å². The van der Waals surface area contributed by atoms with Crippen LogP contribution in [0.25, 0.3) is 0 Å². The van der Waals surface area contributed by atoms with E-state index >= 15 is 0 Å². The number of aliphatic carboxylic acids is 2. The number of hydrogen-bond acceptors (Lipinski definition) is 5. The molecule has 0 aliphatic carbocycles. The van der Waals surface area contributed by atoms with Gasteiger partial charge in [-0.15, -0.1) is 0 Å². The number of carbonyl (C=O) groups is 2. The van der Waals surface area contributed by atoms with Crippen molar-refractivity contribution in [1.82, 2.24) is 14.7 Å². The monoisotopic (exact) mass is 435 g/mol. The van der Waals surface area contributed by atoms with Crippen LogP contribution >= 0.6 is 0 Å². The molecule has 0 unspecified atom stereocenters. The zero-order valence-electron chi connectivity index (χ0n) is 17.9. The molecule has 0 atom stereocenters. The summed E-state index contributed by atoms with van der Waals surface area (Å²) in [5.41, 5.74) is 0.343. The predicted molar refractivity (Wildman–Crippen MR) is 108 cm³/mol. The third-order valence-corrected chi connectivity index (χ3v) is 4.03. The smallest absolute Gasteiger partial charge is 0.416 e. The van der Waals surface area contributed by atoms with Gasteiger partial charge in [-0.3, -0.25) is 4.90 Å². The molecule has 1 rings (SSSR count). The van der Waals surface area contributed by atoms with E-state index in [1.807, 2.05) is 28.2 Å². The Bertz CT molecular complexity index is 609. The van der Waals surface area contributed by atoms with Crippen LogP contribution in [0.1, 0.15) is 24.0 Å². The quantitative estimate of drug-likeness (QED) is 0.547. The van der Waals surface area contributed by atoms with Crippen LogP contribution < -0.4 is 0 Å². The largest absolute Gasteiger partial charge is 0.473 e. The summed E-state index contributed by atoms with van der Waals surface area (Å²) in [6.45, 7) is 4.62. The number of benzene rings is 1. The summed E-state index contributed by atoms with van der Waals surface area (Å²) in [5, 5.41) is 14.8. The molecule has 0 aliphatic heterocycles. The molecule has 1 aromatic carbocycles. The molecule has 0 radical (unpaired) electrons. The van der Waals surface area contributed by atoms with Crippen LogP contribution in [-0.2, 0) is 22.3 Å². The van der Waals surface area contributed by atoms with Crippen LogP contribution in [0.2, 0.25) is 0 Å². The lowest BCUT2D eigenvalue weighted by atomic mass is 10.1. The van der Waals surface area contributed by atoms with E-state index < -0.39 is 23.7 Å². The van der Waals surface area contributed by atoms with Gasteiger partial charge >= 0.3 is 18.1 Å². The highest BCUT2D eigenvalue weighted by atomic mass is 19.4. The van der Waals surface area contributed by atoms with Gasteiger partial charge in [0.2, 0.25) is 0 Å². The first-order chi connectivity index (χ1) is 13.8. The zero-order valence-corrected chi connectivity index (χ0v) is 17.9. The average Bonchev–Trinajstić information content (AvgIpc) is 2.61. The molecule has 7 nitrogen and oxygen atoms in total. The van der Waals surface area contributed by atoms with E-state index in [0.717, 1.165) is 44.6 Å². The van der Waals surface area contributed by atoms with Gasteiger partial charge in [-0.2, -0.15) is 13.2 Å². The molecule has 0 aromatic heterocycles. The number of hydrogen-bond donors (Lipinski definition) is 2. The van der Waals surface area contributed by atoms with Gasteiger partial charge in [0.05, 0.1) is 5.56 Å². The van der Waals surface area contributed by atoms with Crippen molar-refractivity contribution in [3.63, 3.8) is 0 Å². The second-order valence-electron chi connectivity index (χ2n) is 7.39. The molecule has 0 bridgehead atoms. The van der Waals surface area contributed by atoms with Crippen LogP contribution in [0.3, 0.4) is 0 Å². The predicted octanol–water partition coefficient (Wildman–Crippen LogP) is 2.57. The standard InChI is InChI=1S/C18H30F3N3.C2H2O4/c1-22(2)11-5-13-24(14-6-12-23(3)4)15-16-7-9-17(10-8-16)18(19,20)21;3-1(4)2(5)6/h7-10H,5-6,11-15H2,1-4H3;(H,3,4)(H,5,6). The first-order valence-electron chi connectivity index (χ1n) is 9.47. The van der Waals surface area contributed by atoms with Crippen LogP contribution in [-0.4, -0.2) is 91.2 Å². The first-order valence-corrected chi connectivity index (χ1v) is 9.47. The molecule has 0 amide bonds. The van der Waals surface area contributed by atoms with Gasteiger partial charge in [-0.05, 0) is 84.9 Å². The Balaban J connectivity index is 0.00000122. The first kappa shape index (κ1) is 27.8.